The minimum absolute atomic E-state index is 0.289. The van der Waals surface area contributed by atoms with E-state index in [4.69, 9.17) is 9.47 Å². The molecule has 0 amide bonds. The Kier molecular flexibility index (Phi) is 5.87. The molecule has 5 rings (SSSR count). The molecule has 1 saturated heterocycles. The number of aliphatic hydroxyl groups excluding tert-OH is 3. The Bertz CT molecular complexity index is 1290. The fourth-order valence-corrected chi connectivity index (χ4v) is 3.96. The quantitative estimate of drug-likeness (QED) is 0.306. The SMILES string of the molecule is CCNc1nc(-n2cc(-c3ccc(OC)cc3)cn2)nc2c1ncn2C1O[C@H](CO)[C@@H](O)[C@H]1O. The summed E-state index contributed by atoms with van der Waals surface area (Å²) in [7, 11) is 1.62. The van der Waals surface area contributed by atoms with E-state index in [0.29, 0.717) is 23.5 Å². The second kappa shape index (κ2) is 8.99. The van der Waals surface area contributed by atoms with Crippen LogP contribution in [0, 0.1) is 0 Å². The second-order valence-corrected chi connectivity index (χ2v) is 7.86. The lowest BCUT2D eigenvalue weighted by atomic mass is 10.1. The summed E-state index contributed by atoms with van der Waals surface area (Å²) < 4.78 is 14.0. The first-order valence-corrected chi connectivity index (χ1v) is 10.8. The van der Waals surface area contributed by atoms with Crippen molar-refractivity contribution in [1.82, 2.24) is 29.3 Å². The summed E-state index contributed by atoms with van der Waals surface area (Å²) in [5.74, 6) is 1.55. The molecule has 1 fully saturated rings. The first-order chi connectivity index (χ1) is 16.5. The highest BCUT2D eigenvalue weighted by Crippen LogP contribution is 2.33. The first kappa shape index (κ1) is 22.2. The number of aromatic nitrogens is 6. The van der Waals surface area contributed by atoms with Gasteiger partial charge in [0.1, 0.15) is 24.1 Å². The van der Waals surface area contributed by atoms with E-state index in [1.165, 1.54) is 10.9 Å². The molecule has 4 aromatic rings. The van der Waals surface area contributed by atoms with Crippen molar-refractivity contribution in [2.45, 2.75) is 31.5 Å². The Labute approximate surface area is 194 Å². The Balaban J connectivity index is 1.56. The van der Waals surface area contributed by atoms with Gasteiger partial charge in [0.2, 0.25) is 0 Å². The smallest absolute Gasteiger partial charge is 0.254 e. The van der Waals surface area contributed by atoms with Crippen LogP contribution in [0.2, 0.25) is 0 Å². The zero-order chi connectivity index (χ0) is 23.8. The van der Waals surface area contributed by atoms with Gasteiger partial charge < -0.3 is 30.1 Å². The van der Waals surface area contributed by atoms with E-state index >= 15 is 0 Å². The molecular formula is C22H25N7O5. The molecule has 12 nitrogen and oxygen atoms in total. The average molecular weight is 467 g/mol. The van der Waals surface area contributed by atoms with Crippen molar-refractivity contribution < 1.29 is 24.8 Å². The van der Waals surface area contributed by atoms with Crippen molar-refractivity contribution in [2.75, 3.05) is 25.6 Å². The number of fused-ring (bicyclic) bond motifs is 1. The van der Waals surface area contributed by atoms with Crippen molar-refractivity contribution in [2.24, 2.45) is 0 Å². The number of ether oxygens (including phenoxy) is 2. The molecule has 1 aliphatic rings. The molecule has 0 aliphatic carbocycles. The number of rotatable bonds is 7. The lowest BCUT2D eigenvalue weighted by molar-refractivity contribution is -0.0511. The average Bonchev–Trinajstić information content (AvgIpc) is 3.58. The number of benzene rings is 1. The summed E-state index contributed by atoms with van der Waals surface area (Å²) in [6.45, 7) is 2.11. The van der Waals surface area contributed by atoms with Crippen LogP contribution in [0.25, 0.3) is 28.2 Å². The fraction of sp³-hybridized carbons (Fsp3) is 0.364. The molecule has 4 atom stereocenters. The van der Waals surface area contributed by atoms with Crippen LogP contribution in [0.4, 0.5) is 5.82 Å². The lowest BCUT2D eigenvalue weighted by Gasteiger charge is -2.17. The van der Waals surface area contributed by atoms with Gasteiger partial charge in [-0.1, -0.05) is 12.1 Å². The van der Waals surface area contributed by atoms with Gasteiger partial charge in [-0.05, 0) is 24.6 Å². The number of imidazole rings is 1. The van der Waals surface area contributed by atoms with Gasteiger partial charge in [-0.3, -0.25) is 4.57 Å². The van der Waals surface area contributed by atoms with Gasteiger partial charge in [0, 0.05) is 18.3 Å². The molecule has 0 radical (unpaired) electrons. The van der Waals surface area contributed by atoms with Crippen molar-refractivity contribution in [3.63, 3.8) is 0 Å². The van der Waals surface area contributed by atoms with E-state index in [-0.39, 0.29) is 5.95 Å². The molecule has 1 aliphatic heterocycles. The molecular weight excluding hydrogens is 442 g/mol. The topological polar surface area (TPSA) is 153 Å². The molecule has 34 heavy (non-hydrogen) atoms. The Morgan fingerprint density at radius 2 is 1.91 bits per heavy atom. The van der Waals surface area contributed by atoms with E-state index in [1.54, 1.807) is 18.0 Å². The van der Waals surface area contributed by atoms with Gasteiger partial charge >= 0.3 is 0 Å². The first-order valence-electron chi connectivity index (χ1n) is 10.8. The van der Waals surface area contributed by atoms with Gasteiger partial charge in [0.05, 0.1) is 26.2 Å². The Morgan fingerprint density at radius 3 is 2.59 bits per heavy atom. The third-order valence-electron chi connectivity index (χ3n) is 5.76. The van der Waals surface area contributed by atoms with Crippen LogP contribution < -0.4 is 10.1 Å². The fourth-order valence-electron chi connectivity index (χ4n) is 3.96. The molecule has 0 saturated carbocycles. The third-order valence-corrected chi connectivity index (χ3v) is 5.76. The standard InChI is InChI=1S/C22H25N7O5/c1-3-23-19-16-20(28(11-24-16)21-18(32)17(31)15(10-30)34-21)27-22(26-19)29-9-13(8-25-29)12-4-6-14(33-2)7-5-12/h4-9,11,15,17-18,21,30-32H,3,10H2,1-2H3,(H,23,26,27)/t15-,17-,18-,21?/m1/s1. The number of nitrogens with zero attached hydrogens (tertiary/aromatic N) is 6. The number of methoxy groups -OCH3 is 1. The van der Waals surface area contributed by atoms with Gasteiger partial charge in [-0.2, -0.15) is 15.1 Å². The summed E-state index contributed by atoms with van der Waals surface area (Å²) in [6, 6.07) is 7.62. The number of aliphatic hydroxyl groups is 3. The van der Waals surface area contributed by atoms with E-state index in [1.807, 2.05) is 37.4 Å². The molecule has 1 aromatic carbocycles. The summed E-state index contributed by atoms with van der Waals surface area (Å²) >= 11 is 0. The highest BCUT2D eigenvalue weighted by atomic mass is 16.6. The highest BCUT2D eigenvalue weighted by molar-refractivity contribution is 5.83. The summed E-state index contributed by atoms with van der Waals surface area (Å²) in [6.07, 6.45) is 0.613. The minimum Gasteiger partial charge on any atom is -0.497 e. The monoisotopic (exact) mass is 467 g/mol. The molecule has 12 heteroatoms. The maximum atomic E-state index is 10.5. The van der Waals surface area contributed by atoms with Crippen LogP contribution in [0.15, 0.2) is 43.0 Å². The van der Waals surface area contributed by atoms with Crippen molar-refractivity contribution in [1.29, 1.82) is 0 Å². The maximum Gasteiger partial charge on any atom is 0.254 e. The van der Waals surface area contributed by atoms with Crippen LogP contribution in [0.5, 0.6) is 5.75 Å². The van der Waals surface area contributed by atoms with Crippen molar-refractivity contribution >= 4 is 17.0 Å². The van der Waals surface area contributed by atoms with Crippen LogP contribution >= 0.6 is 0 Å². The maximum absolute atomic E-state index is 10.5. The molecule has 0 bridgehead atoms. The predicted molar refractivity (Wildman–Crippen MR) is 122 cm³/mol. The Morgan fingerprint density at radius 1 is 1.12 bits per heavy atom. The predicted octanol–water partition coefficient (Wildman–Crippen LogP) is 0.731. The second-order valence-electron chi connectivity index (χ2n) is 7.86. The molecule has 0 spiro atoms. The molecule has 178 valence electrons. The van der Waals surface area contributed by atoms with Crippen molar-refractivity contribution in [3.8, 4) is 22.8 Å². The van der Waals surface area contributed by atoms with Crippen LogP contribution in [0.3, 0.4) is 0 Å². The van der Waals surface area contributed by atoms with Crippen LogP contribution in [-0.2, 0) is 4.74 Å². The lowest BCUT2D eigenvalue weighted by Crippen LogP contribution is -2.33. The van der Waals surface area contributed by atoms with E-state index in [2.05, 4.69) is 25.4 Å². The molecule has 1 unspecified atom stereocenters. The van der Waals surface area contributed by atoms with Gasteiger partial charge in [0.25, 0.3) is 5.95 Å². The largest absolute Gasteiger partial charge is 0.497 e. The minimum atomic E-state index is -1.26. The number of hydrogen-bond donors (Lipinski definition) is 4. The third kappa shape index (κ3) is 3.76. The number of hydrogen-bond acceptors (Lipinski definition) is 10. The van der Waals surface area contributed by atoms with Gasteiger partial charge in [-0.25, -0.2) is 9.67 Å². The summed E-state index contributed by atoms with van der Waals surface area (Å²) in [5, 5.41) is 37.7. The Hall–Kier alpha value is -3.58. The summed E-state index contributed by atoms with van der Waals surface area (Å²) in [5.41, 5.74) is 2.69. The van der Waals surface area contributed by atoms with Gasteiger partial charge in [0.15, 0.2) is 23.2 Å². The van der Waals surface area contributed by atoms with E-state index in [9.17, 15) is 15.3 Å². The number of nitrogens with one attached hydrogen (secondary N) is 1. The molecule has 4 heterocycles. The van der Waals surface area contributed by atoms with Crippen LogP contribution in [0.1, 0.15) is 13.2 Å². The normalized spacial score (nSPS) is 22.4. The highest BCUT2D eigenvalue weighted by Gasteiger charge is 2.44. The zero-order valence-corrected chi connectivity index (χ0v) is 18.6. The van der Waals surface area contributed by atoms with Gasteiger partial charge in [-0.15, -0.1) is 0 Å². The summed E-state index contributed by atoms with van der Waals surface area (Å²) in [4.78, 5) is 13.6. The molecule has 3 aromatic heterocycles. The van der Waals surface area contributed by atoms with Crippen LogP contribution in [-0.4, -0.2) is 83.2 Å². The zero-order valence-electron chi connectivity index (χ0n) is 18.6. The van der Waals surface area contributed by atoms with E-state index in [0.717, 1.165) is 16.9 Å². The van der Waals surface area contributed by atoms with E-state index < -0.39 is 31.1 Å². The molecule has 4 N–H and O–H groups in total. The number of anilines is 1. The van der Waals surface area contributed by atoms with Crippen molar-refractivity contribution in [3.05, 3.63) is 43.0 Å².